The van der Waals surface area contributed by atoms with Crippen molar-refractivity contribution in [3.8, 4) is 5.75 Å². The molecule has 1 aliphatic heterocycles. The molecule has 1 aliphatic carbocycles. The first-order valence-corrected chi connectivity index (χ1v) is 9.99. The molecule has 1 N–H and O–H groups in total. The van der Waals surface area contributed by atoms with Gasteiger partial charge in [0.25, 0.3) is 0 Å². The summed E-state index contributed by atoms with van der Waals surface area (Å²) in [7, 11) is 0. The van der Waals surface area contributed by atoms with Gasteiger partial charge in [-0.05, 0) is 37.8 Å². The quantitative estimate of drug-likeness (QED) is 0.805. The van der Waals surface area contributed by atoms with E-state index < -0.39 is 0 Å². The molecular formula is C20H27ClN2O3. The minimum absolute atomic E-state index is 0.0656. The van der Waals surface area contributed by atoms with Crippen molar-refractivity contribution in [2.24, 2.45) is 5.92 Å². The van der Waals surface area contributed by atoms with Crippen LogP contribution in [0.5, 0.6) is 5.75 Å². The number of amides is 2. The Kier molecular flexibility index (Phi) is 6.41. The molecule has 1 atom stereocenters. The van der Waals surface area contributed by atoms with E-state index in [0.29, 0.717) is 48.5 Å². The lowest BCUT2D eigenvalue weighted by Gasteiger charge is -2.36. The molecule has 26 heavy (non-hydrogen) atoms. The van der Waals surface area contributed by atoms with Gasteiger partial charge in [0.2, 0.25) is 11.8 Å². The molecule has 1 unspecified atom stereocenters. The van der Waals surface area contributed by atoms with E-state index in [2.05, 4.69) is 5.32 Å². The predicted octanol–water partition coefficient (Wildman–Crippen LogP) is 4.25. The highest BCUT2D eigenvalue weighted by atomic mass is 35.5. The topological polar surface area (TPSA) is 58.6 Å². The van der Waals surface area contributed by atoms with Gasteiger partial charge >= 0.3 is 0 Å². The summed E-state index contributed by atoms with van der Waals surface area (Å²) >= 11 is 6.23. The Hall–Kier alpha value is -1.75. The minimum Gasteiger partial charge on any atom is -0.490 e. The number of benzene rings is 1. The van der Waals surface area contributed by atoms with Gasteiger partial charge in [0, 0.05) is 19.0 Å². The molecule has 0 radical (unpaired) electrons. The van der Waals surface area contributed by atoms with Crippen molar-refractivity contribution in [3.05, 3.63) is 23.2 Å². The fourth-order valence-corrected chi connectivity index (χ4v) is 4.08. The third kappa shape index (κ3) is 4.32. The van der Waals surface area contributed by atoms with E-state index in [1.165, 1.54) is 12.8 Å². The Balaban J connectivity index is 1.68. The van der Waals surface area contributed by atoms with E-state index in [4.69, 9.17) is 16.3 Å². The van der Waals surface area contributed by atoms with Gasteiger partial charge in [0.15, 0.2) is 5.75 Å². The van der Waals surface area contributed by atoms with Crippen molar-refractivity contribution in [1.82, 2.24) is 4.90 Å². The lowest BCUT2D eigenvalue weighted by atomic mass is 9.94. The Morgan fingerprint density at radius 3 is 2.81 bits per heavy atom. The molecule has 1 heterocycles. The van der Waals surface area contributed by atoms with Crippen LogP contribution in [-0.4, -0.2) is 35.9 Å². The van der Waals surface area contributed by atoms with Gasteiger partial charge in [0.1, 0.15) is 0 Å². The normalized spacial score (nSPS) is 21.1. The van der Waals surface area contributed by atoms with Gasteiger partial charge in [-0.15, -0.1) is 0 Å². The predicted molar refractivity (Wildman–Crippen MR) is 103 cm³/mol. The first-order valence-electron chi connectivity index (χ1n) is 9.61. The van der Waals surface area contributed by atoms with E-state index in [9.17, 15) is 9.59 Å². The number of hydrogen-bond donors (Lipinski definition) is 1. The highest BCUT2D eigenvalue weighted by molar-refractivity contribution is 6.32. The largest absolute Gasteiger partial charge is 0.490 e. The summed E-state index contributed by atoms with van der Waals surface area (Å²) in [4.78, 5) is 27.0. The Bertz CT molecular complexity index is 658. The molecule has 2 fully saturated rings. The molecule has 2 amide bonds. The maximum absolute atomic E-state index is 12.8. The first kappa shape index (κ1) is 19.0. The fourth-order valence-electron chi connectivity index (χ4n) is 3.85. The highest BCUT2D eigenvalue weighted by Crippen LogP contribution is 2.34. The molecule has 0 spiro atoms. The first-order chi connectivity index (χ1) is 12.6. The Morgan fingerprint density at radius 1 is 1.31 bits per heavy atom. The van der Waals surface area contributed by atoms with Crippen molar-refractivity contribution in [2.45, 2.75) is 57.9 Å². The number of carbonyl (C=O) groups is 2. The van der Waals surface area contributed by atoms with Crippen LogP contribution in [0.25, 0.3) is 0 Å². The van der Waals surface area contributed by atoms with Crippen LogP contribution in [0.1, 0.15) is 51.9 Å². The van der Waals surface area contributed by atoms with E-state index >= 15 is 0 Å². The average Bonchev–Trinajstić information content (AvgIpc) is 3.16. The molecule has 142 valence electrons. The van der Waals surface area contributed by atoms with Gasteiger partial charge in [-0.3, -0.25) is 9.59 Å². The van der Waals surface area contributed by atoms with Crippen LogP contribution >= 0.6 is 11.6 Å². The monoisotopic (exact) mass is 378 g/mol. The van der Waals surface area contributed by atoms with Gasteiger partial charge in [0.05, 0.1) is 23.2 Å². The second-order valence-electron chi connectivity index (χ2n) is 7.17. The zero-order valence-electron chi connectivity index (χ0n) is 15.3. The number of carbonyl (C=O) groups excluding carboxylic acids is 2. The van der Waals surface area contributed by atoms with Crippen molar-refractivity contribution in [3.63, 3.8) is 0 Å². The van der Waals surface area contributed by atoms with Gasteiger partial charge in [-0.1, -0.05) is 37.4 Å². The third-order valence-corrected chi connectivity index (χ3v) is 5.55. The van der Waals surface area contributed by atoms with E-state index in [-0.39, 0.29) is 17.7 Å². The number of rotatable bonds is 6. The van der Waals surface area contributed by atoms with Gasteiger partial charge < -0.3 is 15.0 Å². The number of anilines is 1. The molecule has 0 bridgehead atoms. The van der Waals surface area contributed by atoms with Crippen LogP contribution in [0.4, 0.5) is 5.69 Å². The van der Waals surface area contributed by atoms with Gasteiger partial charge in [-0.25, -0.2) is 0 Å². The van der Waals surface area contributed by atoms with Gasteiger partial charge in [-0.2, -0.15) is 0 Å². The smallest absolute Gasteiger partial charge is 0.229 e. The standard InChI is InChI=1S/C20H27ClN2O3/c1-2-12-26-19-16(21)8-5-9-17(19)22-20(25)14-10-11-18(24)23(13-14)15-6-3-4-7-15/h5,8-9,14-15H,2-4,6-7,10-13H2,1H3,(H,22,25). The van der Waals surface area contributed by atoms with Crippen LogP contribution in [0.3, 0.4) is 0 Å². The fraction of sp³-hybridized carbons (Fsp3) is 0.600. The number of nitrogens with one attached hydrogen (secondary N) is 1. The molecule has 1 saturated carbocycles. The summed E-state index contributed by atoms with van der Waals surface area (Å²) < 4.78 is 5.71. The molecule has 1 aromatic rings. The molecular weight excluding hydrogens is 352 g/mol. The zero-order chi connectivity index (χ0) is 18.5. The van der Waals surface area contributed by atoms with Crippen LogP contribution in [0, 0.1) is 5.92 Å². The third-order valence-electron chi connectivity index (χ3n) is 5.26. The van der Waals surface area contributed by atoms with E-state index in [1.54, 1.807) is 18.2 Å². The Morgan fingerprint density at radius 2 is 2.08 bits per heavy atom. The van der Waals surface area contributed by atoms with Crippen molar-refractivity contribution in [1.29, 1.82) is 0 Å². The Labute approximate surface area is 160 Å². The van der Waals surface area contributed by atoms with E-state index in [1.807, 2.05) is 11.8 Å². The lowest BCUT2D eigenvalue weighted by Crippen LogP contribution is -2.48. The molecule has 6 heteroatoms. The summed E-state index contributed by atoms with van der Waals surface area (Å²) in [5, 5.41) is 3.46. The summed E-state index contributed by atoms with van der Waals surface area (Å²) in [6.45, 7) is 3.08. The van der Waals surface area contributed by atoms with Crippen LogP contribution in [-0.2, 0) is 9.59 Å². The molecule has 0 aromatic heterocycles. The average molecular weight is 379 g/mol. The van der Waals surface area contributed by atoms with Crippen LogP contribution in [0.2, 0.25) is 5.02 Å². The van der Waals surface area contributed by atoms with Crippen molar-refractivity contribution in [2.75, 3.05) is 18.5 Å². The minimum atomic E-state index is -0.189. The number of likely N-dealkylation sites (tertiary alicyclic amines) is 1. The SMILES string of the molecule is CCCOc1c(Cl)cccc1NC(=O)C1CCC(=O)N(C2CCCC2)C1. The number of para-hydroxylation sites is 1. The number of piperidine rings is 1. The number of halogens is 1. The second kappa shape index (κ2) is 8.76. The van der Waals surface area contributed by atoms with Crippen LogP contribution in [0.15, 0.2) is 18.2 Å². The number of hydrogen-bond acceptors (Lipinski definition) is 3. The lowest BCUT2D eigenvalue weighted by molar-refractivity contribution is -0.139. The number of nitrogens with zero attached hydrogens (tertiary/aromatic N) is 1. The molecule has 1 aromatic carbocycles. The maximum Gasteiger partial charge on any atom is 0.229 e. The van der Waals surface area contributed by atoms with Crippen LogP contribution < -0.4 is 10.1 Å². The second-order valence-corrected chi connectivity index (χ2v) is 7.58. The van der Waals surface area contributed by atoms with Crippen molar-refractivity contribution < 1.29 is 14.3 Å². The number of ether oxygens (including phenoxy) is 1. The summed E-state index contributed by atoms with van der Waals surface area (Å²) in [6, 6.07) is 5.67. The van der Waals surface area contributed by atoms with E-state index in [0.717, 1.165) is 19.3 Å². The summed E-state index contributed by atoms with van der Waals surface area (Å²) in [5.41, 5.74) is 0.597. The highest BCUT2D eigenvalue weighted by Gasteiger charge is 2.35. The molecule has 2 aliphatic rings. The molecule has 5 nitrogen and oxygen atoms in total. The summed E-state index contributed by atoms with van der Waals surface area (Å²) in [6.07, 6.45) is 6.37. The molecule has 3 rings (SSSR count). The maximum atomic E-state index is 12.8. The zero-order valence-corrected chi connectivity index (χ0v) is 16.1. The molecule has 1 saturated heterocycles. The summed E-state index contributed by atoms with van der Waals surface area (Å²) in [5.74, 6) is 0.454. The van der Waals surface area contributed by atoms with Crippen molar-refractivity contribution >= 4 is 29.1 Å².